The summed E-state index contributed by atoms with van der Waals surface area (Å²) in [6, 6.07) is 8.18. The number of methoxy groups -OCH3 is 2. The van der Waals surface area contributed by atoms with Crippen molar-refractivity contribution >= 4 is 28.5 Å². The number of rotatable bonds is 7. The van der Waals surface area contributed by atoms with Crippen molar-refractivity contribution in [2.45, 2.75) is 26.4 Å². The Morgan fingerprint density at radius 3 is 2.19 bits per heavy atom. The van der Waals surface area contributed by atoms with Gasteiger partial charge in [-0.1, -0.05) is 6.07 Å². The highest BCUT2D eigenvalue weighted by Crippen LogP contribution is 2.39. The number of ketones is 1. The zero-order valence-electron chi connectivity index (χ0n) is 16.0. The van der Waals surface area contributed by atoms with Gasteiger partial charge in [-0.25, -0.2) is 4.79 Å². The molecule has 2 aromatic carbocycles. The summed E-state index contributed by atoms with van der Waals surface area (Å²) in [6.07, 6.45) is 0. The van der Waals surface area contributed by atoms with Crippen LogP contribution in [0.1, 0.15) is 26.3 Å². The maximum absolute atomic E-state index is 12.8. The monoisotopic (exact) mass is 374 g/mol. The van der Waals surface area contributed by atoms with Crippen molar-refractivity contribution in [3.8, 4) is 11.5 Å². The van der Waals surface area contributed by atoms with Crippen LogP contribution in [0, 0.1) is 0 Å². The summed E-state index contributed by atoms with van der Waals surface area (Å²) in [7, 11) is 3.03. The highest BCUT2D eigenvalue weighted by molar-refractivity contribution is 6.12. The van der Waals surface area contributed by atoms with E-state index in [1.54, 1.807) is 31.2 Å². The van der Waals surface area contributed by atoms with Crippen LogP contribution in [0.15, 0.2) is 30.3 Å². The van der Waals surface area contributed by atoms with Gasteiger partial charge in [0.05, 0.1) is 20.8 Å². The minimum atomic E-state index is -2.21. The lowest BCUT2D eigenvalue weighted by Crippen LogP contribution is -2.47. The first-order valence-corrected chi connectivity index (χ1v) is 8.34. The van der Waals surface area contributed by atoms with Gasteiger partial charge in [-0.15, -0.1) is 0 Å². The largest absolute Gasteiger partial charge is 0.497 e. The van der Waals surface area contributed by atoms with Gasteiger partial charge in [0.15, 0.2) is 5.78 Å². The third-order valence-corrected chi connectivity index (χ3v) is 4.14. The van der Waals surface area contributed by atoms with Gasteiger partial charge in [0, 0.05) is 17.9 Å². The van der Waals surface area contributed by atoms with E-state index in [1.165, 1.54) is 27.2 Å². The molecule has 1 atom stereocenters. The molecule has 0 N–H and O–H groups in total. The van der Waals surface area contributed by atoms with E-state index in [0.29, 0.717) is 22.3 Å². The fourth-order valence-electron chi connectivity index (χ4n) is 2.97. The summed E-state index contributed by atoms with van der Waals surface area (Å²) in [5.74, 6) is -1.32. The van der Waals surface area contributed by atoms with Crippen LogP contribution in [-0.4, -0.2) is 38.5 Å². The van der Waals surface area contributed by atoms with Gasteiger partial charge in [0.25, 0.3) is 5.60 Å². The fourth-order valence-corrected chi connectivity index (χ4v) is 2.97. The van der Waals surface area contributed by atoms with E-state index in [9.17, 15) is 14.4 Å². The Morgan fingerprint density at radius 1 is 0.963 bits per heavy atom. The SMILES string of the molecule is CCOC(=O)C(OC(C)=O)(C(C)=O)c1ccc(OC)c2cc(OC)ccc12. The van der Waals surface area contributed by atoms with E-state index in [1.807, 2.05) is 0 Å². The highest BCUT2D eigenvalue weighted by atomic mass is 16.6. The minimum Gasteiger partial charge on any atom is -0.497 e. The van der Waals surface area contributed by atoms with Crippen LogP contribution < -0.4 is 9.47 Å². The van der Waals surface area contributed by atoms with Crippen LogP contribution >= 0.6 is 0 Å². The first-order valence-electron chi connectivity index (χ1n) is 8.34. The average Bonchev–Trinajstić information content (AvgIpc) is 2.64. The molecule has 0 aliphatic rings. The quantitative estimate of drug-likeness (QED) is 0.544. The summed E-state index contributed by atoms with van der Waals surface area (Å²) in [5, 5.41) is 1.09. The maximum atomic E-state index is 12.8. The molecule has 0 bridgehead atoms. The second-order valence-corrected chi connectivity index (χ2v) is 5.78. The Balaban J connectivity index is 2.90. The van der Waals surface area contributed by atoms with Crippen LogP contribution in [0.3, 0.4) is 0 Å². The lowest BCUT2D eigenvalue weighted by molar-refractivity contribution is -0.185. The molecular formula is C20H22O7. The fraction of sp³-hybridized carbons (Fsp3) is 0.350. The first-order chi connectivity index (χ1) is 12.8. The zero-order valence-corrected chi connectivity index (χ0v) is 16.0. The molecule has 0 fully saturated rings. The number of carbonyl (C=O) groups is 3. The number of esters is 2. The Morgan fingerprint density at radius 2 is 1.67 bits per heavy atom. The Labute approximate surface area is 157 Å². The lowest BCUT2D eigenvalue weighted by Gasteiger charge is -2.30. The number of benzene rings is 2. The zero-order chi connectivity index (χ0) is 20.2. The van der Waals surface area contributed by atoms with Crippen molar-refractivity contribution in [2.24, 2.45) is 0 Å². The summed E-state index contributed by atoms with van der Waals surface area (Å²) in [5.41, 5.74) is -2.01. The topological polar surface area (TPSA) is 88.1 Å². The third-order valence-electron chi connectivity index (χ3n) is 4.14. The predicted octanol–water partition coefficient (Wildman–Crippen LogP) is 2.77. The first kappa shape index (κ1) is 20.2. The molecule has 0 saturated carbocycles. The molecule has 7 heteroatoms. The number of hydrogen-bond donors (Lipinski definition) is 0. The van der Waals surface area contributed by atoms with E-state index < -0.39 is 23.3 Å². The molecule has 0 aromatic heterocycles. The smallest absolute Gasteiger partial charge is 0.363 e. The van der Waals surface area contributed by atoms with Gasteiger partial charge < -0.3 is 18.9 Å². The van der Waals surface area contributed by atoms with Gasteiger partial charge in [-0.3, -0.25) is 9.59 Å². The molecule has 0 aliphatic heterocycles. The van der Waals surface area contributed by atoms with E-state index in [4.69, 9.17) is 18.9 Å². The number of carbonyl (C=O) groups excluding carboxylic acids is 3. The molecule has 1 unspecified atom stereocenters. The van der Waals surface area contributed by atoms with Gasteiger partial charge in [0.1, 0.15) is 11.5 Å². The highest BCUT2D eigenvalue weighted by Gasteiger charge is 2.51. The second-order valence-electron chi connectivity index (χ2n) is 5.78. The standard InChI is InChI=1S/C20H22O7/c1-6-26-19(23)20(12(2)21,27-13(3)22)17-9-10-18(25-5)16-11-14(24-4)7-8-15(16)17/h7-11H,6H2,1-5H3. The molecule has 144 valence electrons. The number of hydrogen-bond acceptors (Lipinski definition) is 7. The van der Waals surface area contributed by atoms with Gasteiger partial charge in [-0.2, -0.15) is 0 Å². The van der Waals surface area contributed by atoms with Crippen molar-refractivity contribution in [3.63, 3.8) is 0 Å². The van der Waals surface area contributed by atoms with Gasteiger partial charge in [-0.05, 0) is 43.5 Å². The van der Waals surface area contributed by atoms with Crippen LogP contribution in [0.2, 0.25) is 0 Å². The normalized spacial score (nSPS) is 12.8. The maximum Gasteiger partial charge on any atom is 0.363 e. The van der Waals surface area contributed by atoms with Crippen LogP contribution in [0.4, 0.5) is 0 Å². The summed E-state index contributed by atoms with van der Waals surface area (Å²) < 4.78 is 21.0. The predicted molar refractivity (Wildman–Crippen MR) is 97.8 cm³/mol. The molecule has 2 rings (SSSR count). The average molecular weight is 374 g/mol. The van der Waals surface area contributed by atoms with Crippen molar-refractivity contribution in [1.82, 2.24) is 0 Å². The van der Waals surface area contributed by atoms with Crippen LogP contribution in [0.5, 0.6) is 11.5 Å². The summed E-state index contributed by atoms with van der Waals surface area (Å²) in [6.45, 7) is 3.94. The van der Waals surface area contributed by atoms with Crippen LogP contribution in [-0.2, 0) is 29.5 Å². The lowest BCUT2D eigenvalue weighted by atomic mass is 9.85. The molecule has 0 spiro atoms. The summed E-state index contributed by atoms with van der Waals surface area (Å²) >= 11 is 0. The molecule has 0 radical (unpaired) electrons. The Kier molecular flexibility index (Phi) is 6.05. The molecule has 0 heterocycles. The summed E-state index contributed by atoms with van der Waals surface area (Å²) in [4.78, 5) is 37.2. The molecule has 7 nitrogen and oxygen atoms in total. The van der Waals surface area contributed by atoms with Gasteiger partial charge in [0.2, 0.25) is 0 Å². The van der Waals surface area contributed by atoms with E-state index in [2.05, 4.69) is 0 Å². The Bertz CT molecular complexity index is 887. The molecule has 2 aromatic rings. The molecule has 27 heavy (non-hydrogen) atoms. The molecule has 0 saturated heterocycles. The number of Topliss-reactive ketones (excluding diaryl/α,β-unsaturated/α-hetero) is 1. The minimum absolute atomic E-state index is 0.0248. The van der Waals surface area contributed by atoms with E-state index in [-0.39, 0.29) is 12.2 Å². The van der Waals surface area contributed by atoms with Crippen LogP contribution in [0.25, 0.3) is 10.8 Å². The molecule has 0 aliphatic carbocycles. The molecule has 0 amide bonds. The van der Waals surface area contributed by atoms with Crippen molar-refractivity contribution in [2.75, 3.05) is 20.8 Å². The van der Waals surface area contributed by atoms with Crippen molar-refractivity contribution in [1.29, 1.82) is 0 Å². The van der Waals surface area contributed by atoms with Gasteiger partial charge >= 0.3 is 11.9 Å². The molecular weight excluding hydrogens is 352 g/mol. The Hall–Kier alpha value is -3.09. The van der Waals surface area contributed by atoms with E-state index in [0.717, 1.165) is 6.92 Å². The van der Waals surface area contributed by atoms with Crippen molar-refractivity contribution in [3.05, 3.63) is 35.9 Å². The number of ether oxygens (including phenoxy) is 4. The number of fused-ring (bicyclic) bond motifs is 1. The second kappa shape index (κ2) is 8.07. The third kappa shape index (κ3) is 3.58. The van der Waals surface area contributed by atoms with E-state index >= 15 is 0 Å². The van der Waals surface area contributed by atoms with Crippen molar-refractivity contribution < 1.29 is 33.3 Å².